The molecule has 0 aliphatic carbocycles. The Morgan fingerprint density at radius 3 is 2.62 bits per heavy atom. The predicted octanol–water partition coefficient (Wildman–Crippen LogP) is 5.51. The number of carbonyl (C=O) groups excluding carboxylic acids is 1. The van der Waals surface area contributed by atoms with E-state index in [1.165, 1.54) is 16.7 Å². The summed E-state index contributed by atoms with van der Waals surface area (Å²) >= 11 is 0. The molecule has 6 nitrogen and oxygen atoms in total. The predicted molar refractivity (Wildman–Crippen MR) is 152 cm³/mol. The summed E-state index contributed by atoms with van der Waals surface area (Å²) in [5, 5.41) is 11.1. The Balaban J connectivity index is 1.76. The third kappa shape index (κ3) is 5.10. The molecule has 3 heterocycles. The third-order valence-corrected chi connectivity index (χ3v) is 8.26. The van der Waals surface area contributed by atoms with Crippen molar-refractivity contribution in [2.45, 2.75) is 72.0 Å². The minimum absolute atomic E-state index is 0.121. The van der Waals surface area contributed by atoms with Gasteiger partial charge in [0, 0.05) is 47.7 Å². The zero-order chi connectivity index (χ0) is 27.1. The molecule has 2 aromatic rings. The molecule has 0 fully saturated rings. The summed E-state index contributed by atoms with van der Waals surface area (Å²) in [7, 11) is 4.35. The molecular weight excluding hydrogens is 460 g/mol. The smallest absolute Gasteiger partial charge is 0.120 e. The van der Waals surface area contributed by atoms with E-state index in [9.17, 15) is 9.90 Å². The van der Waals surface area contributed by atoms with Gasteiger partial charge in [-0.05, 0) is 95.6 Å². The van der Waals surface area contributed by atoms with Crippen LogP contribution < -0.4 is 0 Å². The van der Waals surface area contributed by atoms with Gasteiger partial charge in [-0.25, -0.2) is 4.98 Å². The van der Waals surface area contributed by atoms with Gasteiger partial charge in [-0.15, -0.1) is 0 Å². The molecule has 0 bridgehead atoms. The zero-order valence-corrected chi connectivity index (χ0v) is 23.6. The first-order valence-corrected chi connectivity index (χ1v) is 13.4. The highest BCUT2D eigenvalue weighted by Crippen LogP contribution is 2.45. The van der Waals surface area contributed by atoms with Crippen LogP contribution in [0.3, 0.4) is 0 Å². The van der Waals surface area contributed by atoms with E-state index in [-0.39, 0.29) is 17.3 Å². The molecule has 0 saturated carbocycles. The topological polar surface area (TPSA) is 59.9 Å². The lowest BCUT2D eigenvalue weighted by Gasteiger charge is -2.37. The number of allylic oxidation sites excluding steroid dienone is 1. The maximum absolute atomic E-state index is 11.4. The highest BCUT2D eigenvalue weighted by molar-refractivity contribution is 5.89. The number of phenols is 1. The van der Waals surface area contributed by atoms with Crippen LogP contribution in [0.2, 0.25) is 0 Å². The van der Waals surface area contributed by atoms with Crippen molar-refractivity contribution in [3.63, 3.8) is 0 Å². The number of phenolic OH excluding ortho intramolecular Hbond substituents is 1. The average Bonchev–Trinajstić information content (AvgIpc) is 3.22. The molecule has 1 unspecified atom stereocenters. The van der Waals surface area contributed by atoms with Gasteiger partial charge in [0.25, 0.3) is 0 Å². The summed E-state index contributed by atoms with van der Waals surface area (Å²) in [6.07, 6.45) is 5.30. The molecule has 1 N–H and O–H groups in total. The van der Waals surface area contributed by atoms with Crippen molar-refractivity contribution < 1.29 is 9.90 Å². The summed E-state index contributed by atoms with van der Waals surface area (Å²) in [5.74, 6) is 0.261. The monoisotopic (exact) mass is 502 g/mol. The minimum Gasteiger partial charge on any atom is -0.508 e. The van der Waals surface area contributed by atoms with Crippen LogP contribution in [0.5, 0.6) is 5.75 Å². The molecule has 0 radical (unpaired) electrons. The van der Waals surface area contributed by atoms with Crippen LogP contribution in [0.4, 0.5) is 0 Å². The molecule has 0 amide bonds. The highest BCUT2D eigenvalue weighted by Gasteiger charge is 2.36. The van der Waals surface area contributed by atoms with Gasteiger partial charge in [0.2, 0.25) is 0 Å². The summed E-state index contributed by atoms with van der Waals surface area (Å²) < 4.78 is 0. The molecule has 1 aromatic heterocycles. The van der Waals surface area contributed by atoms with Crippen molar-refractivity contribution in [2.24, 2.45) is 0 Å². The van der Waals surface area contributed by atoms with E-state index in [4.69, 9.17) is 4.98 Å². The molecule has 6 heteroatoms. The van der Waals surface area contributed by atoms with Crippen molar-refractivity contribution in [3.8, 4) is 5.75 Å². The van der Waals surface area contributed by atoms with E-state index >= 15 is 0 Å². The number of benzene rings is 1. The normalized spacial score (nSPS) is 16.5. The summed E-state index contributed by atoms with van der Waals surface area (Å²) in [6, 6.07) is 5.59. The van der Waals surface area contributed by atoms with Crippen molar-refractivity contribution in [1.82, 2.24) is 19.7 Å². The van der Waals surface area contributed by atoms with Gasteiger partial charge in [0.05, 0.1) is 23.5 Å². The Bertz CT molecular complexity index is 1280. The molecule has 2 aliphatic rings. The van der Waals surface area contributed by atoms with E-state index in [1.807, 2.05) is 12.1 Å². The van der Waals surface area contributed by atoms with E-state index in [0.717, 1.165) is 59.4 Å². The number of hydrogen-bond acceptors (Lipinski definition) is 6. The number of aromatic hydroxyl groups is 1. The Labute approximate surface area is 222 Å². The Morgan fingerprint density at radius 2 is 1.97 bits per heavy atom. The largest absolute Gasteiger partial charge is 0.508 e. The van der Waals surface area contributed by atoms with Crippen LogP contribution >= 0.6 is 0 Å². The van der Waals surface area contributed by atoms with Crippen LogP contribution in [0.15, 0.2) is 47.7 Å². The fourth-order valence-corrected chi connectivity index (χ4v) is 5.40. The summed E-state index contributed by atoms with van der Waals surface area (Å²) in [4.78, 5) is 23.5. The summed E-state index contributed by atoms with van der Waals surface area (Å²) in [5.41, 5.74) is 8.89. The van der Waals surface area contributed by atoms with Crippen LogP contribution in [-0.2, 0) is 17.8 Å². The molecule has 1 atom stereocenters. The SMILES string of the molecule is C=C1C(CCC=O)=C(C(C)N(C)CCN(C)C(C)(C)C)C=C2c3nc4ccc(O)cc4c(CC)c3CN12. The molecule has 2 aliphatic heterocycles. The van der Waals surface area contributed by atoms with E-state index < -0.39 is 0 Å². The van der Waals surface area contributed by atoms with Crippen LogP contribution in [0, 0.1) is 0 Å². The quantitative estimate of drug-likeness (QED) is 0.456. The van der Waals surface area contributed by atoms with Gasteiger partial charge in [0.1, 0.15) is 12.0 Å². The second-order valence-electron chi connectivity index (χ2n) is 11.4. The maximum Gasteiger partial charge on any atom is 0.120 e. The fourth-order valence-electron chi connectivity index (χ4n) is 5.40. The maximum atomic E-state index is 11.4. The number of hydrogen-bond donors (Lipinski definition) is 1. The number of carbonyl (C=O) groups is 1. The molecule has 37 heavy (non-hydrogen) atoms. The third-order valence-electron chi connectivity index (χ3n) is 8.26. The first-order valence-electron chi connectivity index (χ1n) is 13.4. The molecule has 198 valence electrons. The standard InChI is InChI=1S/C31H42N4O2/c1-9-23-26-17-22(37)12-13-28(26)32-30-27(23)19-35-21(3)24(11-10-16-36)25(18-29(30)35)20(2)33(7)14-15-34(8)31(4,5)6/h12-13,16-18,20,37H,3,9-11,14-15,19H2,1-2,4-8H3. The number of rotatable bonds is 9. The lowest BCUT2D eigenvalue weighted by atomic mass is 9.90. The van der Waals surface area contributed by atoms with Gasteiger partial charge in [-0.1, -0.05) is 13.5 Å². The van der Waals surface area contributed by atoms with Gasteiger partial charge < -0.3 is 19.7 Å². The van der Waals surface area contributed by atoms with Crippen molar-refractivity contribution in [2.75, 3.05) is 27.2 Å². The molecule has 1 aromatic carbocycles. The number of aldehydes is 1. The van der Waals surface area contributed by atoms with Crippen molar-refractivity contribution >= 4 is 22.9 Å². The van der Waals surface area contributed by atoms with Gasteiger partial charge in [0.15, 0.2) is 0 Å². The Kier molecular flexibility index (Phi) is 7.63. The number of fused-ring (bicyclic) bond motifs is 4. The molecule has 4 rings (SSSR count). The Morgan fingerprint density at radius 1 is 1.24 bits per heavy atom. The van der Waals surface area contributed by atoms with Gasteiger partial charge >= 0.3 is 0 Å². The molecule has 0 spiro atoms. The highest BCUT2D eigenvalue weighted by atomic mass is 16.3. The second kappa shape index (κ2) is 10.4. The number of pyridine rings is 1. The van der Waals surface area contributed by atoms with Crippen LogP contribution in [-0.4, -0.2) is 69.8 Å². The van der Waals surface area contributed by atoms with Gasteiger partial charge in [-0.2, -0.15) is 0 Å². The van der Waals surface area contributed by atoms with E-state index in [0.29, 0.717) is 19.4 Å². The lowest BCUT2D eigenvalue weighted by molar-refractivity contribution is -0.107. The minimum atomic E-state index is 0.121. The number of aryl methyl sites for hydroxylation is 1. The zero-order valence-electron chi connectivity index (χ0n) is 23.6. The molecule has 0 saturated heterocycles. The Hall–Kier alpha value is -2.96. The first kappa shape index (κ1) is 27.1. The van der Waals surface area contributed by atoms with Crippen LogP contribution in [0.25, 0.3) is 16.6 Å². The van der Waals surface area contributed by atoms with Crippen LogP contribution in [0.1, 0.15) is 64.3 Å². The summed E-state index contributed by atoms with van der Waals surface area (Å²) in [6.45, 7) is 18.3. The fraction of sp³-hybridized carbons (Fsp3) is 0.484. The van der Waals surface area contributed by atoms with Crippen molar-refractivity contribution in [1.29, 1.82) is 0 Å². The average molecular weight is 503 g/mol. The number of aromatic nitrogens is 1. The molecular formula is C31H42N4O2. The second-order valence-corrected chi connectivity index (χ2v) is 11.4. The first-order chi connectivity index (χ1) is 17.5. The van der Waals surface area contributed by atoms with E-state index in [1.54, 1.807) is 6.07 Å². The lowest BCUT2D eigenvalue weighted by Crippen LogP contribution is -2.44. The van der Waals surface area contributed by atoms with E-state index in [2.05, 4.69) is 76.1 Å². The van der Waals surface area contributed by atoms with Gasteiger partial charge in [-0.3, -0.25) is 4.90 Å². The van der Waals surface area contributed by atoms with Crippen molar-refractivity contribution in [3.05, 3.63) is 64.5 Å². The number of nitrogens with zero attached hydrogens (tertiary/aromatic N) is 4. The number of likely N-dealkylation sites (N-methyl/N-ethyl adjacent to an activating group) is 2.